The van der Waals surface area contributed by atoms with Gasteiger partial charge in [-0.3, -0.25) is 19.5 Å². The smallest absolute Gasteiger partial charge is 0.338 e. The van der Waals surface area contributed by atoms with Crippen LogP contribution >= 0.6 is 68.1 Å². The molecule has 0 saturated heterocycles. The fraction of sp³-hybridized carbons (Fsp3) is 0.167. The van der Waals surface area contributed by atoms with Gasteiger partial charge in [-0.1, -0.05) is 41.1 Å². The number of hydrogen-bond donors (Lipinski definition) is 0. The molecule has 4 aromatic rings. The highest BCUT2D eigenvalue weighted by Crippen LogP contribution is 2.35. The molecule has 9 nitrogen and oxygen atoms in total. The van der Waals surface area contributed by atoms with Crippen LogP contribution in [-0.2, 0) is 16.1 Å². The van der Waals surface area contributed by atoms with E-state index in [-0.39, 0.29) is 30.0 Å². The molecule has 1 aliphatic rings. The summed E-state index contributed by atoms with van der Waals surface area (Å²) in [5, 5.41) is 11.4. The molecule has 0 unspecified atom stereocenters. The number of nitro benzene ring substituents is 1. The van der Waals surface area contributed by atoms with E-state index in [1.165, 1.54) is 28.0 Å². The van der Waals surface area contributed by atoms with Crippen LogP contribution in [0.2, 0.25) is 5.02 Å². The van der Waals surface area contributed by atoms with Crippen LogP contribution in [0, 0.1) is 17.3 Å². The highest BCUT2D eigenvalue weighted by molar-refractivity contribution is 14.1. The van der Waals surface area contributed by atoms with Crippen LogP contribution in [0.15, 0.2) is 81.7 Å². The van der Waals surface area contributed by atoms with Gasteiger partial charge < -0.3 is 9.47 Å². The molecule has 1 aromatic heterocycles. The van der Waals surface area contributed by atoms with E-state index in [4.69, 9.17) is 21.1 Å². The van der Waals surface area contributed by atoms with Gasteiger partial charge in [-0.05, 0) is 107 Å². The van der Waals surface area contributed by atoms with Crippen molar-refractivity contribution in [3.05, 3.63) is 131 Å². The predicted octanol–water partition coefficient (Wildman–Crippen LogP) is 6.15. The van der Waals surface area contributed by atoms with Crippen LogP contribution in [0.25, 0.3) is 6.08 Å². The Bertz CT molecular complexity index is 1970. The van der Waals surface area contributed by atoms with Gasteiger partial charge in [-0.2, -0.15) is 0 Å². The number of rotatable bonds is 8. The first-order valence-electron chi connectivity index (χ1n) is 12.9. The second-order valence-electron chi connectivity index (χ2n) is 9.34. The van der Waals surface area contributed by atoms with Gasteiger partial charge in [0.25, 0.3) is 11.2 Å². The summed E-state index contributed by atoms with van der Waals surface area (Å²) in [5.41, 5.74) is 2.39. The van der Waals surface area contributed by atoms with Crippen molar-refractivity contribution in [3.63, 3.8) is 0 Å². The number of hydrogen-bond acceptors (Lipinski definition) is 8. The Hall–Kier alpha value is -3.08. The Balaban J connectivity index is 1.62. The molecule has 43 heavy (non-hydrogen) atoms. The number of allylic oxidation sites excluding steroid dienone is 1. The number of benzene rings is 3. The van der Waals surface area contributed by atoms with E-state index in [2.05, 4.69) is 50.2 Å². The maximum atomic E-state index is 14.1. The first kappa shape index (κ1) is 31.3. The molecule has 3 aromatic carbocycles. The minimum atomic E-state index is -0.819. The van der Waals surface area contributed by atoms with Crippen LogP contribution < -0.4 is 19.6 Å². The van der Waals surface area contributed by atoms with Gasteiger partial charge in [0.1, 0.15) is 18.4 Å². The van der Waals surface area contributed by atoms with Crippen molar-refractivity contribution in [1.82, 2.24) is 4.57 Å². The molecule has 0 N–H and O–H groups in total. The zero-order valence-electron chi connectivity index (χ0n) is 22.7. The van der Waals surface area contributed by atoms with E-state index >= 15 is 0 Å². The summed E-state index contributed by atoms with van der Waals surface area (Å²) < 4.78 is 15.2. The van der Waals surface area contributed by atoms with E-state index in [0.717, 1.165) is 12.7 Å². The number of ether oxygens (including phenoxy) is 2. The van der Waals surface area contributed by atoms with E-state index in [1.54, 1.807) is 56.3 Å². The number of carbonyl (C=O) groups is 1. The van der Waals surface area contributed by atoms with Crippen molar-refractivity contribution in [1.29, 1.82) is 0 Å². The lowest BCUT2D eigenvalue weighted by atomic mass is 9.96. The molecule has 5 rings (SSSR count). The van der Waals surface area contributed by atoms with Crippen molar-refractivity contribution < 1.29 is 19.2 Å². The highest BCUT2D eigenvalue weighted by Gasteiger charge is 2.34. The minimum absolute atomic E-state index is 0.0000967. The fourth-order valence-corrected chi connectivity index (χ4v) is 7.95. The van der Waals surface area contributed by atoms with Gasteiger partial charge in [-0.15, -0.1) is 0 Å². The molecular weight excluding hydrogens is 820 g/mol. The Kier molecular flexibility index (Phi) is 9.68. The largest absolute Gasteiger partial charge is 0.487 e. The van der Waals surface area contributed by atoms with Gasteiger partial charge in [0.05, 0.1) is 30.9 Å². The lowest BCUT2D eigenvalue weighted by Gasteiger charge is -2.25. The van der Waals surface area contributed by atoms with E-state index in [9.17, 15) is 19.7 Å². The van der Waals surface area contributed by atoms with E-state index in [0.29, 0.717) is 36.9 Å². The third-order valence-electron chi connectivity index (χ3n) is 6.57. The van der Waals surface area contributed by atoms with Gasteiger partial charge in [0.15, 0.2) is 4.80 Å². The van der Waals surface area contributed by atoms with Crippen molar-refractivity contribution in [2.24, 2.45) is 4.99 Å². The third-order valence-corrected chi connectivity index (χ3v) is 9.32. The third kappa shape index (κ3) is 6.56. The zero-order chi connectivity index (χ0) is 30.8. The number of nitrogens with zero attached hydrogens (tertiary/aromatic N) is 3. The summed E-state index contributed by atoms with van der Waals surface area (Å²) in [4.78, 5) is 42.8. The summed E-state index contributed by atoms with van der Waals surface area (Å²) in [6.45, 7) is 3.78. The molecule has 220 valence electrons. The molecule has 0 radical (unpaired) electrons. The van der Waals surface area contributed by atoms with Crippen LogP contribution in [-0.4, -0.2) is 22.1 Å². The number of fused-ring (bicyclic) bond motifs is 1. The fourth-order valence-electron chi connectivity index (χ4n) is 4.63. The lowest BCUT2D eigenvalue weighted by Crippen LogP contribution is -2.40. The number of halogens is 3. The number of nitro groups is 1. The van der Waals surface area contributed by atoms with Crippen molar-refractivity contribution in [3.8, 4) is 5.75 Å². The van der Waals surface area contributed by atoms with Crippen LogP contribution in [0.3, 0.4) is 0 Å². The summed E-state index contributed by atoms with van der Waals surface area (Å²) in [6, 6.07) is 16.3. The molecule has 0 spiro atoms. The second kappa shape index (κ2) is 13.3. The first-order valence-corrected chi connectivity index (χ1v) is 16.2. The van der Waals surface area contributed by atoms with Gasteiger partial charge in [-0.25, -0.2) is 9.79 Å². The normalized spacial score (nSPS) is 14.7. The molecular formula is C30H22ClI2N3O6S. The Labute approximate surface area is 281 Å². The number of carbonyl (C=O) groups excluding carboxylic acids is 1. The SMILES string of the molecule is CCOC(=O)C1=C(C)N=c2s/c(=C\c3cc(I)cc(I)c3OCc3ccc([N+](=O)[O-])cc3)c(=O)n2[C@H]1c1ccccc1Cl. The maximum absolute atomic E-state index is 14.1. The van der Waals surface area contributed by atoms with E-state index in [1.807, 2.05) is 12.1 Å². The first-order chi connectivity index (χ1) is 20.6. The van der Waals surface area contributed by atoms with Crippen molar-refractivity contribution >= 4 is 85.9 Å². The summed E-state index contributed by atoms with van der Waals surface area (Å²) in [6.07, 6.45) is 1.76. The molecule has 1 atom stereocenters. The Morgan fingerprint density at radius 1 is 1.19 bits per heavy atom. The highest BCUT2D eigenvalue weighted by atomic mass is 127. The van der Waals surface area contributed by atoms with Gasteiger partial charge >= 0.3 is 5.97 Å². The average Bonchev–Trinajstić information content (AvgIpc) is 3.26. The molecule has 0 saturated carbocycles. The average molecular weight is 842 g/mol. The topological polar surface area (TPSA) is 113 Å². The van der Waals surface area contributed by atoms with Gasteiger partial charge in [0.2, 0.25) is 0 Å². The summed E-state index contributed by atoms with van der Waals surface area (Å²) in [7, 11) is 0. The molecule has 0 aliphatic carbocycles. The molecule has 0 fully saturated rings. The van der Waals surface area contributed by atoms with Gasteiger partial charge in [0, 0.05) is 26.3 Å². The van der Waals surface area contributed by atoms with E-state index < -0.39 is 16.9 Å². The van der Waals surface area contributed by atoms with Crippen LogP contribution in [0.1, 0.15) is 36.6 Å². The van der Waals surface area contributed by atoms with Crippen LogP contribution in [0.5, 0.6) is 5.75 Å². The van der Waals surface area contributed by atoms with Crippen LogP contribution in [0.4, 0.5) is 5.69 Å². The summed E-state index contributed by atoms with van der Waals surface area (Å²) >= 11 is 12.2. The lowest BCUT2D eigenvalue weighted by molar-refractivity contribution is -0.384. The molecule has 1 aliphatic heterocycles. The molecule has 2 heterocycles. The second-order valence-corrected chi connectivity index (χ2v) is 13.2. The Morgan fingerprint density at radius 3 is 2.58 bits per heavy atom. The van der Waals surface area contributed by atoms with Crippen molar-refractivity contribution in [2.45, 2.75) is 26.5 Å². The van der Waals surface area contributed by atoms with Crippen molar-refractivity contribution in [2.75, 3.05) is 6.61 Å². The predicted molar refractivity (Wildman–Crippen MR) is 181 cm³/mol. The number of aromatic nitrogens is 1. The molecule has 0 amide bonds. The quantitative estimate of drug-likeness (QED) is 0.0912. The number of esters is 1. The molecule has 13 heteroatoms. The monoisotopic (exact) mass is 841 g/mol. The minimum Gasteiger partial charge on any atom is -0.487 e. The number of non-ortho nitro benzene ring substituents is 1. The Morgan fingerprint density at radius 2 is 1.91 bits per heavy atom. The standard InChI is InChI=1S/C30H22ClI2N3O6S/c1-3-41-29(38)25-16(2)34-30-35(26(25)21-6-4-5-7-22(21)31)28(37)24(43-30)13-18-12-19(32)14-23(33)27(18)42-15-17-8-10-20(11-9-17)36(39)40/h4-14,26H,3,15H2,1-2H3/b24-13-/t26-/m0/s1. The zero-order valence-corrected chi connectivity index (χ0v) is 28.6. The summed E-state index contributed by atoms with van der Waals surface area (Å²) in [5.74, 6) is 0.00768. The number of thiazole rings is 1. The maximum Gasteiger partial charge on any atom is 0.338 e. The molecule has 0 bridgehead atoms.